The van der Waals surface area contributed by atoms with Crippen LogP contribution in [-0.4, -0.2) is 107 Å². The number of carbonyl (C=O) groups is 4. The fourth-order valence-electron chi connectivity index (χ4n) is 7.01. The number of carboxylic acid groups (broad SMARTS) is 2. The highest BCUT2D eigenvalue weighted by molar-refractivity contribution is 8.23. The molecular formula is C33H33F2N7O7S4. The fourth-order valence-corrected chi connectivity index (χ4v) is 10.1. The molecule has 14 nitrogen and oxygen atoms in total. The molecule has 3 fully saturated rings. The normalized spacial score (nSPS) is 21.1. The van der Waals surface area contributed by atoms with E-state index in [1.807, 2.05) is 4.90 Å². The van der Waals surface area contributed by atoms with Crippen molar-refractivity contribution in [2.75, 3.05) is 48.8 Å². The van der Waals surface area contributed by atoms with Gasteiger partial charge in [-0.2, -0.15) is 0 Å². The molecule has 20 heteroatoms. The summed E-state index contributed by atoms with van der Waals surface area (Å²) in [5, 5.41) is 23.4. The van der Waals surface area contributed by atoms with Crippen LogP contribution in [0.15, 0.2) is 33.7 Å². The van der Waals surface area contributed by atoms with Crippen molar-refractivity contribution in [3.63, 3.8) is 0 Å². The molecule has 0 radical (unpaired) electrons. The molecule has 0 bridgehead atoms. The smallest absolute Gasteiger partial charge is 0.352 e. The number of pyridine rings is 1. The van der Waals surface area contributed by atoms with Gasteiger partial charge in [-0.3, -0.25) is 19.3 Å². The average Bonchev–Trinajstić information content (AvgIpc) is 3.73. The van der Waals surface area contributed by atoms with E-state index in [4.69, 9.17) is 18.0 Å². The van der Waals surface area contributed by atoms with Gasteiger partial charge in [-0.25, -0.2) is 23.4 Å². The Labute approximate surface area is 318 Å². The second kappa shape index (κ2) is 14.5. The van der Waals surface area contributed by atoms with E-state index in [2.05, 4.69) is 10.3 Å². The van der Waals surface area contributed by atoms with E-state index in [1.165, 1.54) is 44.3 Å². The number of hydrogen-bond donors (Lipinski definition) is 4. The predicted molar refractivity (Wildman–Crippen MR) is 201 cm³/mol. The van der Waals surface area contributed by atoms with Gasteiger partial charge in [0.1, 0.15) is 38.5 Å². The predicted octanol–water partition coefficient (Wildman–Crippen LogP) is 3.11. The van der Waals surface area contributed by atoms with Crippen LogP contribution in [0.25, 0.3) is 10.9 Å². The molecule has 5 heterocycles. The van der Waals surface area contributed by atoms with E-state index in [-0.39, 0.29) is 46.4 Å². The maximum atomic E-state index is 16.1. The van der Waals surface area contributed by atoms with Gasteiger partial charge in [0.05, 0.1) is 23.0 Å². The minimum Gasteiger partial charge on any atom is -0.477 e. The summed E-state index contributed by atoms with van der Waals surface area (Å²) in [5.74, 6) is -4.99. The second-order valence-electron chi connectivity index (χ2n) is 13.3. The number of aliphatic carboxylic acids is 1. The SMILES string of the molecule is CN(CC1CCN(c2c(F)cc3c(=O)c(C(=O)O)cn(C4CC4)c3c2F)C1)C(=S)SCC1=C(C(=O)O)N2C(=O)[C@@H](NC(=O)Cc3csc(N)n3)[C@H]2SC1. The number of nitrogens with two attached hydrogens (primary N) is 1. The Morgan fingerprint density at radius 1 is 1.19 bits per heavy atom. The van der Waals surface area contributed by atoms with Crippen molar-refractivity contribution < 1.29 is 38.2 Å². The number of aromatic nitrogens is 2. The lowest BCUT2D eigenvalue weighted by Gasteiger charge is -2.49. The molecule has 1 aromatic carbocycles. The quantitative estimate of drug-likeness (QED) is 0.163. The monoisotopic (exact) mass is 805 g/mol. The van der Waals surface area contributed by atoms with Crippen LogP contribution in [0.3, 0.4) is 0 Å². The van der Waals surface area contributed by atoms with Crippen molar-refractivity contribution in [2.24, 2.45) is 5.92 Å². The maximum Gasteiger partial charge on any atom is 0.352 e. The van der Waals surface area contributed by atoms with E-state index in [0.717, 1.165) is 12.3 Å². The summed E-state index contributed by atoms with van der Waals surface area (Å²) in [5.41, 5.74) is 4.68. The number of nitrogen functional groups attached to an aromatic ring is 1. The number of hydrogen-bond acceptors (Lipinski definition) is 12. The molecule has 2 saturated heterocycles. The van der Waals surface area contributed by atoms with Crippen molar-refractivity contribution in [3.05, 3.63) is 62.0 Å². The average molecular weight is 806 g/mol. The third kappa shape index (κ3) is 7.08. The number of halogens is 2. The lowest BCUT2D eigenvalue weighted by molar-refractivity contribution is -0.150. The van der Waals surface area contributed by atoms with Crippen LogP contribution in [0.1, 0.15) is 41.4 Å². The molecule has 0 spiro atoms. The Kier molecular flexibility index (Phi) is 10.2. The molecule has 1 unspecified atom stereocenters. The van der Waals surface area contributed by atoms with E-state index >= 15 is 8.78 Å². The molecule has 7 rings (SSSR count). The highest BCUT2D eigenvalue weighted by atomic mass is 32.2. The summed E-state index contributed by atoms with van der Waals surface area (Å²) >= 11 is 9.47. The molecule has 5 N–H and O–H groups in total. The standard InChI is InChI=1S/C33H33F2N7O7S4/c1-39(8-14-4-5-40(9-14)26-20(34)7-18-25(22(26)35)41(17-2-3-17)10-19(27(18)44)30(46)47)33(50)53-12-15-11-51-29-23(28(45)42(29)24(15)31(48)49)38-21(43)6-16-13-52-32(36)37-16/h7,10,13-14,17,23,29H,2-6,8-9,11-12H2,1H3,(H2,36,37)(H,38,43)(H,46,47)(H,48,49)/t14?,23-,29-/m1/s1. The first-order valence-electron chi connectivity index (χ1n) is 16.6. The minimum absolute atomic E-state index is 0.0356. The lowest BCUT2D eigenvalue weighted by atomic mass is 10.0. The zero-order valence-electron chi connectivity index (χ0n) is 28.0. The highest BCUT2D eigenvalue weighted by Crippen LogP contribution is 2.42. The summed E-state index contributed by atoms with van der Waals surface area (Å²) < 4.78 is 33.6. The number of anilines is 2. The second-order valence-corrected chi connectivity index (χ2v) is 16.9. The number of nitrogens with zero attached hydrogens (tertiary/aromatic N) is 5. The first-order valence-corrected chi connectivity index (χ1v) is 19.9. The molecule has 3 aliphatic heterocycles. The molecule has 2 amide bonds. The summed E-state index contributed by atoms with van der Waals surface area (Å²) in [6, 6.07) is -0.103. The van der Waals surface area contributed by atoms with Crippen molar-refractivity contribution in [1.82, 2.24) is 24.7 Å². The van der Waals surface area contributed by atoms with Crippen LogP contribution >= 0.6 is 47.1 Å². The Morgan fingerprint density at radius 3 is 2.60 bits per heavy atom. The number of carboxylic acids is 2. The van der Waals surface area contributed by atoms with Crippen LogP contribution in [0, 0.1) is 17.6 Å². The minimum atomic E-state index is -1.46. The van der Waals surface area contributed by atoms with E-state index in [1.54, 1.807) is 17.3 Å². The number of nitrogens with one attached hydrogen (secondary N) is 1. The van der Waals surface area contributed by atoms with Gasteiger partial charge in [-0.15, -0.1) is 23.1 Å². The van der Waals surface area contributed by atoms with Gasteiger partial charge >= 0.3 is 11.9 Å². The van der Waals surface area contributed by atoms with Crippen molar-refractivity contribution in [1.29, 1.82) is 0 Å². The number of β-lactam (4-membered cyclic amide) rings is 1. The number of fused-ring (bicyclic) bond motifs is 2. The summed E-state index contributed by atoms with van der Waals surface area (Å²) in [6.45, 7) is 1.10. The zero-order valence-corrected chi connectivity index (χ0v) is 31.3. The third-order valence-corrected chi connectivity index (χ3v) is 13.4. The van der Waals surface area contributed by atoms with Crippen LogP contribution in [-0.2, 0) is 20.8 Å². The molecule has 1 saturated carbocycles. The van der Waals surface area contributed by atoms with Crippen molar-refractivity contribution >= 4 is 96.9 Å². The van der Waals surface area contributed by atoms with Gasteiger partial charge in [0, 0.05) is 55.8 Å². The summed E-state index contributed by atoms with van der Waals surface area (Å²) in [6.07, 6.45) is 3.07. The molecule has 1 aliphatic carbocycles. The third-order valence-electron chi connectivity index (χ3n) is 9.65. The molecule has 3 aromatic rings. The topological polar surface area (TPSA) is 191 Å². The number of rotatable bonds is 11. The molecule has 2 aromatic heterocycles. The van der Waals surface area contributed by atoms with Gasteiger partial charge in [-0.05, 0) is 36.8 Å². The highest BCUT2D eigenvalue weighted by Gasteiger charge is 2.54. The summed E-state index contributed by atoms with van der Waals surface area (Å²) in [7, 11) is 1.79. The lowest BCUT2D eigenvalue weighted by Crippen LogP contribution is -2.70. The largest absolute Gasteiger partial charge is 0.477 e. The number of thioether (sulfide) groups is 2. The van der Waals surface area contributed by atoms with E-state index < -0.39 is 57.8 Å². The zero-order chi connectivity index (χ0) is 37.9. The number of carbonyl (C=O) groups excluding carboxylic acids is 2. The molecule has 280 valence electrons. The van der Waals surface area contributed by atoms with Crippen LogP contribution in [0.5, 0.6) is 0 Å². The first-order chi connectivity index (χ1) is 25.2. The van der Waals surface area contributed by atoms with Gasteiger partial charge in [0.15, 0.2) is 10.9 Å². The molecule has 3 atom stereocenters. The number of benzene rings is 1. The number of amides is 2. The maximum absolute atomic E-state index is 16.1. The Bertz CT molecular complexity index is 2170. The Balaban J connectivity index is 0.974. The fraction of sp³-hybridized carbons (Fsp3) is 0.424. The number of aromatic carboxylic acids is 1. The van der Waals surface area contributed by atoms with E-state index in [0.29, 0.717) is 65.4 Å². The van der Waals surface area contributed by atoms with Crippen molar-refractivity contribution in [2.45, 2.75) is 43.1 Å². The van der Waals surface area contributed by atoms with E-state index in [9.17, 15) is 34.2 Å². The number of thiocarbonyl (C=S) groups is 1. The van der Waals surface area contributed by atoms with Gasteiger partial charge in [0.25, 0.3) is 5.91 Å². The number of thiazole rings is 1. The van der Waals surface area contributed by atoms with Crippen LogP contribution in [0.4, 0.5) is 19.6 Å². The van der Waals surface area contributed by atoms with Gasteiger partial charge < -0.3 is 35.6 Å². The molecular weight excluding hydrogens is 773 g/mol. The van der Waals surface area contributed by atoms with Crippen LogP contribution in [0.2, 0.25) is 0 Å². The Morgan fingerprint density at radius 2 is 1.94 bits per heavy atom. The summed E-state index contributed by atoms with van der Waals surface area (Å²) in [4.78, 5) is 71.2. The van der Waals surface area contributed by atoms with Crippen LogP contribution < -0.4 is 21.4 Å². The molecule has 53 heavy (non-hydrogen) atoms. The van der Waals surface area contributed by atoms with Gasteiger partial charge in [0.2, 0.25) is 11.3 Å². The Hall–Kier alpha value is -4.27. The van der Waals surface area contributed by atoms with Crippen molar-refractivity contribution in [3.8, 4) is 0 Å². The van der Waals surface area contributed by atoms with Gasteiger partial charge in [-0.1, -0.05) is 24.0 Å². The first kappa shape index (κ1) is 37.1. The molecule has 4 aliphatic rings.